The average molecular weight is 369 g/mol. The van der Waals surface area contributed by atoms with Gasteiger partial charge in [-0.3, -0.25) is 4.79 Å². The van der Waals surface area contributed by atoms with E-state index in [0.29, 0.717) is 30.3 Å². The molecule has 9 heteroatoms. The van der Waals surface area contributed by atoms with Crippen molar-refractivity contribution in [3.8, 4) is 5.69 Å². The van der Waals surface area contributed by atoms with Crippen molar-refractivity contribution >= 4 is 5.91 Å². The van der Waals surface area contributed by atoms with Gasteiger partial charge >= 0.3 is 0 Å². The maximum Gasteiger partial charge on any atom is 0.223 e. The van der Waals surface area contributed by atoms with Crippen LogP contribution in [-0.2, 0) is 11.3 Å². The Morgan fingerprint density at radius 2 is 2.00 bits per heavy atom. The number of benzene rings is 1. The first kappa shape index (κ1) is 17.3. The van der Waals surface area contributed by atoms with E-state index < -0.39 is 5.54 Å². The summed E-state index contributed by atoms with van der Waals surface area (Å²) in [6, 6.07) is 6.07. The van der Waals surface area contributed by atoms with Crippen LogP contribution < -0.4 is 0 Å². The Kier molecular flexibility index (Phi) is 4.01. The smallest absolute Gasteiger partial charge is 0.223 e. The number of nitrogens with zero attached hydrogens (tertiary/aromatic N) is 7. The molecule has 3 aromatic rings. The highest BCUT2D eigenvalue weighted by Gasteiger charge is 2.47. The van der Waals surface area contributed by atoms with Crippen molar-refractivity contribution in [2.24, 2.45) is 0 Å². The monoisotopic (exact) mass is 369 g/mol. The van der Waals surface area contributed by atoms with Gasteiger partial charge in [0.25, 0.3) is 0 Å². The predicted octanol–water partition coefficient (Wildman–Crippen LogP) is 1.77. The highest BCUT2D eigenvalue weighted by Crippen LogP contribution is 2.41. The highest BCUT2D eigenvalue weighted by atomic mass is 19.1. The lowest BCUT2D eigenvalue weighted by molar-refractivity contribution is -0.128. The van der Waals surface area contributed by atoms with Gasteiger partial charge < -0.3 is 4.90 Å². The number of likely N-dealkylation sites (N-methyl/N-ethyl adjacent to an activating group) is 1. The van der Waals surface area contributed by atoms with E-state index in [1.54, 1.807) is 39.8 Å². The molecule has 1 atom stereocenters. The first-order valence-electron chi connectivity index (χ1n) is 8.67. The molecular weight excluding hydrogens is 349 g/mol. The molecule has 2 aromatic heterocycles. The van der Waals surface area contributed by atoms with Gasteiger partial charge in [-0.05, 0) is 38.1 Å². The lowest BCUT2D eigenvalue weighted by Crippen LogP contribution is -2.41. The predicted molar refractivity (Wildman–Crippen MR) is 94.6 cm³/mol. The Morgan fingerprint density at radius 3 is 2.59 bits per heavy atom. The van der Waals surface area contributed by atoms with E-state index in [2.05, 4.69) is 15.2 Å². The molecule has 4 rings (SSSR count). The molecule has 0 spiro atoms. The Hall–Kier alpha value is -3.10. The topological polar surface area (TPSA) is 81.7 Å². The Labute approximate surface area is 155 Å². The summed E-state index contributed by atoms with van der Waals surface area (Å²) >= 11 is 0. The molecule has 27 heavy (non-hydrogen) atoms. The molecule has 1 aromatic carbocycles. The zero-order valence-corrected chi connectivity index (χ0v) is 15.4. The summed E-state index contributed by atoms with van der Waals surface area (Å²) in [6.45, 7) is 4.39. The van der Waals surface area contributed by atoms with Crippen molar-refractivity contribution < 1.29 is 9.18 Å². The van der Waals surface area contributed by atoms with Crippen molar-refractivity contribution in [2.45, 2.75) is 38.3 Å². The minimum atomic E-state index is -0.410. The number of carbonyl (C=O) groups is 1. The average Bonchev–Trinajstić information content (AvgIpc) is 3.33. The van der Waals surface area contributed by atoms with Gasteiger partial charge in [-0.15, -0.1) is 5.10 Å². The number of carbonyl (C=O) groups excluding carboxylic acids is 1. The summed E-state index contributed by atoms with van der Waals surface area (Å²) in [4.78, 5) is 22.7. The van der Waals surface area contributed by atoms with Gasteiger partial charge in [0.05, 0.1) is 11.6 Å². The standard InChI is InChI=1S/C18H20FN7O/c1-18(2)14(8-16(27)24(18)3)17-22-15(9-25-11-20-10-21-25)23-26(17)13-6-4-12(19)5-7-13/h4-7,10-11,14H,8-9H2,1-3H3/t14-/m0/s1. The number of amides is 1. The number of halogens is 1. The Morgan fingerprint density at radius 1 is 1.26 bits per heavy atom. The lowest BCUT2D eigenvalue weighted by Gasteiger charge is -2.32. The number of aromatic nitrogens is 6. The second-order valence-electron chi connectivity index (χ2n) is 7.23. The van der Waals surface area contributed by atoms with E-state index in [1.165, 1.54) is 18.5 Å². The zero-order chi connectivity index (χ0) is 19.2. The van der Waals surface area contributed by atoms with Crippen LogP contribution in [0.15, 0.2) is 36.9 Å². The third kappa shape index (κ3) is 2.98. The van der Waals surface area contributed by atoms with Gasteiger partial charge in [-0.1, -0.05) is 0 Å². The van der Waals surface area contributed by atoms with Crippen molar-refractivity contribution in [3.63, 3.8) is 0 Å². The second-order valence-corrected chi connectivity index (χ2v) is 7.23. The first-order chi connectivity index (χ1) is 12.9. The van der Waals surface area contributed by atoms with E-state index in [-0.39, 0.29) is 17.6 Å². The van der Waals surface area contributed by atoms with Crippen LogP contribution in [0.2, 0.25) is 0 Å². The largest absolute Gasteiger partial charge is 0.340 e. The summed E-state index contributed by atoms with van der Waals surface area (Å²) in [5.74, 6) is 0.838. The third-order valence-corrected chi connectivity index (χ3v) is 5.30. The van der Waals surface area contributed by atoms with Crippen molar-refractivity contribution in [3.05, 3.63) is 54.4 Å². The van der Waals surface area contributed by atoms with E-state index >= 15 is 0 Å². The van der Waals surface area contributed by atoms with Gasteiger partial charge in [0.15, 0.2) is 5.82 Å². The van der Waals surface area contributed by atoms with Crippen LogP contribution in [0.4, 0.5) is 4.39 Å². The molecule has 0 bridgehead atoms. The van der Waals surface area contributed by atoms with Crippen molar-refractivity contribution in [1.29, 1.82) is 0 Å². The van der Waals surface area contributed by atoms with E-state index in [4.69, 9.17) is 4.98 Å². The minimum absolute atomic E-state index is 0.0662. The van der Waals surface area contributed by atoms with E-state index in [0.717, 1.165) is 0 Å². The van der Waals surface area contributed by atoms with Crippen molar-refractivity contribution in [1.82, 2.24) is 34.4 Å². The number of hydrogen-bond donors (Lipinski definition) is 0. The molecule has 1 saturated heterocycles. The van der Waals surface area contributed by atoms with Crippen LogP contribution in [0.1, 0.15) is 37.8 Å². The molecular formula is C18H20FN7O. The molecule has 0 N–H and O–H groups in total. The van der Waals surface area contributed by atoms with Crippen LogP contribution >= 0.6 is 0 Å². The Bertz CT molecular complexity index is 962. The molecule has 3 heterocycles. The number of likely N-dealkylation sites (tertiary alicyclic amines) is 1. The summed E-state index contributed by atoms with van der Waals surface area (Å²) in [7, 11) is 1.80. The molecule has 1 aliphatic rings. The fourth-order valence-electron chi connectivity index (χ4n) is 3.42. The summed E-state index contributed by atoms with van der Waals surface area (Å²) in [6.07, 6.45) is 3.40. The maximum absolute atomic E-state index is 13.4. The summed E-state index contributed by atoms with van der Waals surface area (Å²) in [5.41, 5.74) is 0.286. The normalized spacial score (nSPS) is 19.0. The van der Waals surface area contributed by atoms with Gasteiger partial charge in [0.2, 0.25) is 5.91 Å². The van der Waals surface area contributed by atoms with E-state index in [9.17, 15) is 9.18 Å². The quantitative estimate of drug-likeness (QED) is 0.700. The van der Waals surface area contributed by atoms with Crippen LogP contribution in [0, 0.1) is 5.82 Å². The van der Waals surface area contributed by atoms with Crippen LogP contribution in [0.5, 0.6) is 0 Å². The molecule has 1 fully saturated rings. The first-order valence-corrected chi connectivity index (χ1v) is 8.67. The van der Waals surface area contributed by atoms with Crippen LogP contribution in [-0.4, -0.2) is 52.9 Å². The number of hydrogen-bond acceptors (Lipinski definition) is 5. The SMILES string of the molecule is CN1C(=O)C[C@@H](c2nc(Cn3cncn3)nn2-c2ccc(F)cc2)C1(C)C. The fourth-order valence-corrected chi connectivity index (χ4v) is 3.42. The molecule has 0 saturated carbocycles. The molecule has 1 aliphatic heterocycles. The molecule has 140 valence electrons. The van der Waals surface area contributed by atoms with Crippen LogP contribution in [0.3, 0.4) is 0 Å². The van der Waals surface area contributed by atoms with Gasteiger partial charge in [-0.25, -0.2) is 23.7 Å². The number of rotatable bonds is 4. The van der Waals surface area contributed by atoms with Crippen molar-refractivity contribution in [2.75, 3.05) is 7.05 Å². The third-order valence-electron chi connectivity index (χ3n) is 5.30. The minimum Gasteiger partial charge on any atom is -0.340 e. The molecule has 1 amide bonds. The zero-order valence-electron chi connectivity index (χ0n) is 15.4. The molecule has 0 radical (unpaired) electrons. The molecule has 0 unspecified atom stereocenters. The lowest BCUT2D eigenvalue weighted by atomic mass is 9.87. The molecule has 8 nitrogen and oxygen atoms in total. The highest BCUT2D eigenvalue weighted by molar-refractivity contribution is 5.81. The maximum atomic E-state index is 13.4. The fraction of sp³-hybridized carbons (Fsp3) is 0.389. The second kappa shape index (κ2) is 6.26. The molecule has 0 aliphatic carbocycles. The van der Waals surface area contributed by atoms with Gasteiger partial charge in [0, 0.05) is 19.0 Å². The Balaban J connectivity index is 1.80. The van der Waals surface area contributed by atoms with E-state index in [1.807, 2.05) is 13.8 Å². The van der Waals surface area contributed by atoms with Crippen LogP contribution in [0.25, 0.3) is 5.69 Å². The van der Waals surface area contributed by atoms with Gasteiger partial charge in [0.1, 0.15) is 30.8 Å². The summed E-state index contributed by atoms with van der Waals surface area (Å²) in [5, 5.41) is 8.70. The van der Waals surface area contributed by atoms with Gasteiger partial charge in [-0.2, -0.15) is 5.10 Å². The summed E-state index contributed by atoms with van der Waals surface area (Å²) < 4.78 is 16.7.